The average molecular weight is 242 g/mol. The van der Waals surface area contributed by atoms with Gasteiger partial charge >= 0.3 is 0 Å². The van der Waals surface area contributed by atoms with Gasteiger partial charge in [-0.25, -0.2) is 4.98 Å². The SMILES string of the molecule is Cc1cc(CC(C)N)cnc1Oc1ccccc1. The molecule has 0 aliphatic rings. The summed E-state index contributed by atoms with van der Waals surface area (Å²) in [5.41, 5.74) is 7.94. The molecule has 1 atom stereocenters. The number of nitrogens with zero attached hydrogens (tertiary/aromatic N) is 1. The minimum Gasteiger partial charge on any atom is -0.439 e. The summed E-state index contributed by atoms with van der Waals surface area (Å²) in [6.07, 6.45) is 2.66. The van der Waals surface area contributed by atoms with Gasteiger partial charge in [0.1, 0.15) is 5.75 Å². The molecule has 0 saturated carbocycles. The van der Waals surface area contributed by atoms with Crippen LogP contribution in [0.25, 0.3) is 0 Å². The average Bonchev–Trinajstić information content (AvgIpc) is 2.33. The van der Waals surface area contributed by atoms with Gasteiger partial charge in [-0.1, -0.05) is 18.2 Å². The van der Waals surface area contributed by atoms with Gasteiger partial charge in [-0.15, -0.1) is 0 Å². The molecule has 2 N–H and O–H groups in total. The number of ether oxygens (including phenoxy) is 1. The Labute approximate surface area is 108 Å². The van der Waals surface area contributed by atoms with Crippen molar-refractivity contribution in [3.05, 3.63) is 53.7 Å². The normalized spacial score (nSPS) is 12.2. The topological polar surface area (TPSA) is 48.1 Å². The molecule has 0 radical (unpaired) electrons. The molecule has 0 aliphatic heterocycles. The summed E-state index contributed by atoms with van der Waals surface area (Å²) >= 11 is 0. The van der Waals surface area contributed by atoms with E-state index in [-0.39, 0.29) is 6.04 Å². The lowest BCUT2D eigenvalue weighted by Crippen LogP contribution is -2.17. The van der Waals surface area contributed by atoms with Crippen molar-refractivity contribution in [2.45, 2.75) is 26.3 Å². The highest BCUT2D eigenvalue weighted by molar-refractivity contribution is 5.33. The molecule has 0 bridgehead atoms. The molecule has 0 amide bonds. The molecule has 1 aromatic heterocycles. The highest BCUT2D eigenvalue weighted by Crippen LogP contribution is 2.23. The molecule has 0 spiro atoms. The first-order valence-corrected chi connectivity index (χ1v) is 6.09. The van der Waals surface area contributed by atoms with Crippen LogP contribution in [0.5, 0.6) is 11.6 Å². The Balaban J connectivity index is 2.15. The fourth-order valence-electron chi connectivity index (χ4n) is 1.81. The van der Waals surface area contributed by atoms with E-state index in [9.17, 15) is 0 Å². The first-order chi connectivity index (χ1) is 8.65. The number of benzene rings is 1. The first-order valence-electron chi connectivity index (χ1n) is 6.09. The minimum atomic E-state index is 0.145. The van der Waals surface area contributed by atoms with Crippen molar-refractivity contribution in [1.82, 2.24) is 4.98 Å². The fourth-order valence-corrected chi connectivity index (χ4v) is 1.81. The molecule has 0 fully saturated rings. The highest BCUT2D eigenvalue weighted by atomic mass is 16.5. The number of hydrogen-bond donors (Lipinski definition) is 1. The maximum absolute atomic E-state index is 5.78. The van der Waals surface area contributed by atoms with Crippen LogP contribution in [0, 0.1) is 6.92 Å². The number of aryl methyl sites for hydroxylation is 1. The second-order valence-electron chi connectivity index (χ2n) is 4.56. The maximum Gasteiger partial charge on any atom is 0.222 e. The van der Waals surface area contributed by atoms with E-state index in [1.165, 1.54) is 0 Å². The van der Waals surface area contributed by atoms with Gasteiger partial charge in [0.15, 0.2) is 0 Å². The quantitative estimate of drug-likeness (QED) is 0.896. The number of hydrogen-bond acceptors (Lipinski definition) is 3. The largest absolute Gasteiger partial charge is 0.439 e. The zero-order valence-electron chi connectivity index (χ0n) is 10.8. The van der Waals surface area contributed by atoms with E-state index in [0.717, 1.165) is 23.3 Å². The van der Waals surface area contributed by atoms with Crippen molar-refractivity contribution in [2.24, 2.45) is 5.73 Å². The molecule has 3 heteroatoms. The molecule has 1 unspecified atom stereocenters. The second-order valence-corrected chi connectivity index (χ2v) is 4.56. The number of para-hydroxylation sites is 1. The van der Waals surface area contributed by atoms with Gasteiger partial charge in [0.25, 0.3) is 0 Å². The van der Waals surface area contributed by atoms with E-state index < -0.39 is 0 Å². The molecular weight excluding hydrogens is 224 g/mol. The van der Waals surface area contributed by atoms with Gasteiger partial charge in [-0.05, 0) is 44.0 Å². The van der Waals surface area contributed by atoms with Gasteiger partial charge in [-0.2, -0.15) is 0 Å². The third-order valence-corrected chi connectivity index (χ3v) is 2.60. The van der Waals surface area contributed by atoms with E-state index >= 15 is 0 Å². The lowest BCUT2D eigenvalue weighted by molar-refractivity contribution is 0.458. The summed E-state index contributed by atoms with van der Waals surface area (Å²) in [4.78, 5) is 4.35. The zero-order valence-corrected chi connectivity index (χ0v) is 10.8. The molecule has 2 aromatic rings. The van der Waals surface area contributed by atoms with E-state index in [1.807, 2.05) is 50.4 Å². The lowest BCUT2D eigenvalue weighted by Gasteiger charge is -2.10. The van der Waals surface area contributed by atoms with Gasteiger partial charge < -0.3 is 10.5 Å². The molecule has 0 saturated heterocycles. The van der Waals surface area contributed by atoms with Crippen molar-refractivity contribution in [3.63, 3.8) is 0 Å². The van der Waals surface area contributed by atoms with Crippen molar-refractivity contribution in [1.29, 1.82) is 0 Å². The van der Waals surface area contributed by atoms with E-state index in [1.54, 1.807) is 0 Å². The maximum atomic E-state index is 5.78. The Morgan fingerprint density at radius 3 is 2.61 bits per heavy atom. The first kappa shape index (κ1) is 12.6. The van der Waals surface area contributed by atoms with Crippen LogP contribution in [-0.2, 0) is 6.42 Å². The smallest absolute Gasteiger partial charge is 0.222 e. The molecule has 0 aliphatic carbocycles. The number of rotatable bonds is 4. The Kier molecular flexibility index (Phi) is 3.95. The van der Waals surface area contributed by atoms with Crippen LogP contribution in [0.15, 0.2) is 42.6 Å². The minimum absolute atomic E-state index is 0.145. The predicted molar refractivity (Wildman–Crippen MR) is 72.8 cm³/mol. The number of aromatic nitrogens is 1. The molecule has 1 heterocycles. The number of nitrogens with two attached hydrogens (primary N) is 1. The lowest BCUT2D eigenvalue weighted by atomic mass is 10.1. The van der Waals surface area contributed by atoms with Gasteiger partial charge in [0.05, 0.1) is 0 Å². The van der Waals surface area contributed by atoms with Crippen LogP contribution in [-0.4, -0.2) is 11.0 Å². The molecule has 2 rings (SSSR count). The van der Waals surface area contributed by atoms with Crippen LogP contribution >= 0.6 is 0 Å². The van der Waals surface area contributed by atoms with Crippen molar-refractivity contribution in [2.75, 3.05) is 0 Å². The summed E-state index contributed by atoms with van der Waals surface area (Å²) in [5, 5.41) is 0. The Bertz CT molecular complexity index is 509. The van der Waals surface area contributed by atoms with Crippen LogP contribution in [0.2, 0.25) is 0 Å². The summed E-state index contributed by atoms with van der Waals surface area (Å²) < 4.78 is 5.73. The van der Waals surface area contributed by atoms with Crippen molar-refractivity contribution >= 4 is 0 Å². The molecule has 94 valence electrons. The fraction of sp³-hybridized carbons (Fsp3) is 0.267. The summed E-state index contributed by atoms with van der Waals surface area (Å²) in [6.45, 7) is 3.99. The Morgan fingerprint density at radius 1 is 1.28 bits per heavy atom. The van der Waals surface area contributed by atoms with Crippen LogP contribution in [0.3, 0.4) is 0 Å². The molecular formula is C15H18N2O. The summed E-state index contributed by atoms with van der Waals surface area (Å²) in [6, 6.07) is 11.9. The van der Waals surface area contributed by atoms with Crippen molar-refractivity contribution < 1.29 is 4.74 Å². The Hall–Kier alpha value is -1.87. The van der Waals surface area contributed by atoms with Crippen LogP contribution < -0.4 is 10.5 Å². The Morgan fingerprint density at radius 2 is 2.00 bits per heavy atom. The molecule has 3 nitrogen and oxygen atoms in total. The standard InChI is InChI=1S/C15H18N2O/c1-11-8-13(9-12(2)16)10-17-15(11)18-14-6-4-3-5-7-14/h3-8,10,12H,9,16H2,1-2H3. The second kappa shape index (κ2) is 5.65. The van der Waals surface area contributed by atoms with Crippen LogP contribution in [0.1, 0.15) is 18.1 Å². The zero-order chi connectivity index (χ0) is 13.0. The summed E-state index contributed by atoms with van der Waals surface area (Å²) in [7, 11) is 0. The third-order valence-electron chi connectivity index (χ3n) is 2.60. The van der Waals surface area contributed by atoms with Gasteiger partial charge in [0, 0.05) is 17.8 Å². The predicted octanol–water partition coefficient (Wildman–Crippen LogP) is 3.07. The van der Waals surface area contributed by atoms with Gasteiger partial charge in [0.2, 0.25) is 5.88 Å². The highest BCUT2D eigenvalue weighted by Gasteiger charge is 2.05. The molecule has 18 heavy (non-hydrogen) atoms. The number of pyridine rings is 1. The monoisotopic (exact) mass is 242 g/mol. The van der Waals surface area contributed by atoms with E-state index in [4.69, 9.17) is 10.5 Å². The van der Waals surface area contributed by atoms with E-state index in [0.29, 0.717) is 5.88 Å². The third kappa shape index (κ3) is 3.31. The van der Waals surface area contributed by atoms with E-state index in [2.05, 4.69) is 11.1 Å². The van der Waals surface area contributed by atoms with Crippen molar-refractivity contribution in [3.8, 4) is 11.6 Å². The van der Waals surface area contributed by atoms with Gasteiger partial charge in [-0.3, -0.25) is 0 Å². The van der Waals surface area contributed by atoms with Crippen LogP contribution in [0.4, 0.5) is 0 Å². The molecule has 1 aromatic carbocycles. The summed E-state index contributed by atoms with van der Waals surface area (Å²) in [5.74, 6) is 1.45.